The zero-order chi connectivity index (χ0) is 39.4. The summed E-state index contributed by atoms with van der Waals surface area (Å²) in [4.78, 5) is 25.2. The molecule has 3 atom stereocenters. The number of hydrogen-bond acceptors (Lipinski definition) is 9. The molecule has 6 heterocycles. The van der Waals surface area contributed by atoms with Crippen LogP contribution in [0, 0.1) is 11.6 Å². The van der Waals surface area contributed by atoms with Gasteiger partial charge >= 0.3 is 12.1 Å². The van der Waals surface area contributed by atoms with Crippen molar-refractivity contribution in [1.29, 1.82) is 0 Å². The molecule has 4 fully saturated rings. The van der Waals surface area contributed by atoms with Gasteiger partial charge in [0.25, 0.3) is 0 Å². The molecule has 2 aromatic heterocycles. The number of alkyl halides is 1. The third kappa shape index (κ3) is 7.17. The van der Waals surface area contributed by atoms with Gasteiger partial charge in [-0.15, -0.1) is 0 Å². The lowest BCUT2D eigenvalue weighted by Crippen LogP contribution is -2.49. The maximum absolute atomic E-state index is 17.7. The number of hydrazine groups is 1. The second kappa shape index (κ2) is 15.3. The van der Waals surface area contributed by atoms with E-state index >= 15 is 8.78 Å². The topological polar surface area (TPSA) is 98.1 Å². The molecule has 56 heavy (non-hydrogen) atoms. The summed E-state index contributed by atoms with van der Waals surface area (Å²) >= 11 is 6.93. The number of carbonyl (C=O) groups excluding carboxylic acids is 1. The number of nitrogens with zero attached hydrogens (tertiary/aromatic N) is 7. The van der Waals surface area contributed by atoms with E-state index in [-0.39, 0.29) is 51.7 Å². The SMILES string of the molecule is C/C=C\c1c(Cl)cc2c(cnn2C2CCCCO2)c1-c1c(F)cc2c(N3CCCCCN3C(=O)OC(C)(C)C)nc(OC[C@@]34CCCN3C[C@H](F)C4)nc2c1F. The van der Waals surface area contributed by atoms with E-state index in [2.05, 4.69) is 15.0 Å². The Labute approximate surface area is 329 Å². The van der Waals surface area contributed by atoms with Gasteiger partial charge in [-0.2, -0.15) is 15.1 Å². The molecule has 1 unspecified atom stereocenters. The van der Waals surface area contributed by atoms with Crippen molar-refractivity contribution in [2.75, 3.05) is 44.4 Å². The highest BCUT2D eigenvalue weighted by Gasteiger charge is 2.49. The first-order chi connectivity index (χ1) is 26.9. The number of ether oxygens (including phenoxy) is 3. The van der Waals surface area contributed by atoms with E-state index in [1.165, 1.54) is 11.1 Å². The zero-order valence-corrected chi connectivity index (χ0v) is 33.2. The number of allylic oxidation sites excluding steroid dienone is 1. The molecule has 0 bridgehead atoms. The third-order valence-corrected chi connectivity index (χ3v) is 11.7. The van der Waals surface area contributed by atoms with Gasteiger partial charge in [0.1, 0.15) is 29.7 Å². The van der Waals surface area contributed by atoms with E-state index in [4.69, 9.17) is 30.8 Å². The van der Waals surface area contributed by atoms with Crippen molar-refractivity contribution in [3.8, 4) is 17.1 Å². The van der Waals surface area contributed by atoms with Gasteiger partial charge in [0.15, 0.2) is 17.9 Å². The van der Waals surface area contributed by atoms with E-state index in [9.17, 15) is 9.18 Å². The van der Waals surface area contributed by atoms with Crippen LogP contribution in [0.15, 0.2) is 24.4 Å². The zero-order valence-electron chi connectivity index (χ0n) is 32.4. The molecular weight excluding hydrogens is 747 g/mol. The van der Waals surface area contributed by atoms with Crippen molar-refractivity contribution in [2.45, 2.75) is 109 Å². The van der Waals surface area contributed by atoms with E-state index in [1.807, 2.05) is 0 Å². The maximum atomic E-state index is 17.7. The predicted molar refractivity (Wildman–Crippen MR) is 209 cm³/mol. The molecule has 8 rings (SSSR count). The molecule has 0 N–H and O–H groups in total. The summed E-state index contributed by atoms with van der Waals surface area (Å²) in [5.74, 6) is -1.72. The molecule has 4 aliphatic rings. The Bertz CT molecular complexity index is 2170. The average molecular weight is 796 g/mol. The monoisotopic (exact) mass is 795 g/mol. The summed E-state index contributed by atoms with van der Waals surface area (Å²) in [5, 5.41) is 8.54. The summed E-state index contributed by atoms with van der Waals surface area (Å²) in [6.07, 6.45) is 9.93. The van der Waals surface area contributed by atoms with E-state index in [0.29, 0.717) is 62.0 Å². The minimum atomic E-state index is -0.982. The highest BCUT2D eigenvalue weighted by molar-refractivity contribution is 6.34. The Hall–Kier alpha value is -4.14. The molecule has 2 aromatic carbocycles. The fourth-order valence-corrected chi connectivity index (χ4v) is 9.14. The third-order valence-electron chi connectivity index (χ3n) is 11.4. The molecule has 1 amide bonds. The summed E-state index contributed by atoms with van der Waals surface area (Å²) in [5.41, 5.74) is -0.654. The van der Waals surface area contributed by atoms with Crippen LogP contribution in [0.2, 0.25) is 5.02 Å². The smallest absolute Gasteiger partial charge is 0.429 e. The molecular formula is C41H49ClF3N7O4. The first kappa shape index (κ1) is 38.7. The van der Waals surface area contributed by atoms with E-state index in [1.54, 1.807) is 61.8 Å². The molecule has 4 saturated heterocycles. The van der Waals surface area contributed by atoms with Crippen LogP contribution in [0.4, 0.5) is 23.8 Å². The first-order valence-electron chi connectivity index (χ1n) is 19.8. The number of aromatic nitrogens is 4. The quantitative estimate of drug-likeness (QED) is 0.181. The molecule has 15 heteroatoms. The summed E-state index contributed by atoms with van der Waals surface area (Å²) in [7, 11) is 0. The van der Waals surface area contributed by atoms with Crippen LogP contribution >= 0.6 is 11.6 Å². The fourth-order valence-electron chi connectivity index (χ4n) is 8.88. The number of amides is 1. The van der Waals surface area contributed by atoms with Gasteiger partial charge in [0.2, 0.25) is 0 Å². The normalized spacial score (nSPS) is 23.7. The highest BCUT2D eigenvalue weighted by Crippen LogP contribution is 2.45. The van der Waals surface area contributed by atoms with Gasteiger partial charge in [0, 0.05) is 49.2 Å². The number of carbonyl (C=O) groups is 1. The standard InChI is InChI=1S/C41H49ClF3N7O4/c1-5-12-26-29(42)20-31-28(22-46-52(31)32-13-7-10-18-54-32)33(26)34-30(44)19-27-36(35(34)45)47-38(55-24-41-14-11-15-49(41)23-25(43)21-41)48-37(27)50-16-8-6-9-17-51(50)39(53)56-40(2,3)4/h5,12,19-20,22,25,32H,6-11,13-18,21,23-24H2,1-4H3/b12-5-/t25-,32?,41+/m1/s1. The Balaban J connectivity index is 1.32. The number of halogens is 4. The second-order valence-electron chi connectivity index (χ2n) is 16.4. The summed E-state index contributed by atoms with van der Waals surface area (Å²) in [6, 6.07) is 2.81. The molecule has 0 aliphatic carbocycles. The van der Waals surface area contributed by atoms with Crippen molar-refractivity contribution < 1.29 is 32.2 Å². The van der Waals surface area contributed by atoms with Crippen molar-refractivity contribution in [3.63, 3.8) is 0 Å². The van der Waals surface area contributed by atoms with Gasteiger partial charge in [-0.3, -0.25) is 9.91 Å². The lowest BCUT2D eigenvalue weighted by Gasteiger charge is -2.36. The van der Waals surface area contributed by atoms with Crippen LogP contribution in [0.1, 0.15) is 97.3 Å². The number of rotatable bonds is 7. The molecule has 11 nitrogen and oxygen atoms in total. The van der Waals surface area contributed by atoms with Crippen LogP contribution in [0.3, 0.4) is 0 Å². The van der Waals surface area contributed by atoms with Crippen LogP contribution in [0.25, 0.3) is 39.0 Å². The minimum Gasteiger partial charge on any atom is -0.461 e. The average Bonchev–Trinajstić information content (AvgIpc) is 3.76. The van der Waals surface area contributed by atoms with Crippen LogP contribution in [0.5, 0.6) is 6.01 Å². The van der Waals surface area contributed by atoms with Gasteiger partial charge in [-0.1, -0.05) is 23.8 Å². The number of benzene rings is 2. The van der Waals surface area contributed by atoms with Crippen molar-refractivity contribution >= 4 is 51.4 Å². The first-order valence-corrected chi connectivity index (χ1v) is 20.2. The lowest BCUT2D eigenvalue weighted by atomic mass is 9.93. The van der Waals surface area contributed by atoms with Gasteiger partial charge in [-0.05, 0) is 97.7 Å². The molecule has 0 saturated carbocycles. The Kier molecular flexibility index (Phi) is 10.6. The Morgan fingerprint density at radius 1 is 1.05 bits per heavy atom. The van der Waals surface area contributed by atoms with Crippen molar-refractivity contribution in [1.82, 2.24) is 29.7 Å². The van der Waals surface area contributed by atoms with E-state index in [0.717, 1.165) is 45.1 Å². The summed E-state index contributed by atoms with van der Waals surface area (Å²) in [6.45, 7) is 9.53. The van der Waals surface area contributed by atoms with Crippen molar-refractivity contribution in [2.24, 2.45) is 0 Å². The minimum absolute atomic E-state index is 0.0501. The van der Waals surface area contributed by atoms with Crippen LogP contribution in [-0.2, 0) is 9.47 Å². The molecule has 0 radical (unpaired) electrons. The van der Waals surface area contributed by atoms with Crippen molar-refractivity contribution in [3.05, 3.63) is 46.6 Å². The van der Waals surface area contributed by atoms with Gasteiger partial charge in [0.05, 0.1) is 33.2 Å². The maximum Gasteiger partial charge on any atom is 0.429 e. The van der Waals surface area contributed by atoms with E-state index < -0.39 is 35.0 Å². The number of anilines is 1. The lowest BCUT2D eigenvalue weighted by molar-refractivity contribution is -0.0366. The molecule has 300 valence electrons. The van der Waals surface area contributed by atoms with Crippen LogP contribution in [-0.4, -0.2) is 92.5 Å². The number of fused-ring (bicyclic) bond motifs is 3. The predicted octanol–water partition coefficient (Wildman–Crippen LogP) is 9.41. The van der Waals surface area contributed by atoms with Crippen LogP contribution < -0.4 is 9.75 Å². The largest absolute Gasteiger partial charge is 0.461 e. The fraction of sp³-hybridized carbons (Fsp3) is 0.561. The Morgan fingerprint density at radius 3 is 2.64 bits per heavy atom. The van der Waals surface area contributed by atoms with Gasteiger partial charge in [-0.25, -0.2) is 27.7 Å². The Morgan fingerprint density at radius 2 is 1.88 bits per heavy atom. The molecule has 0 spiro atoms. The number of hydrogen-bond donors (Lipinski definition) is 0. The van der Waals surface area contributed by atoms with Gasteiger partial charge < -0.3 is 14.2 Å². The molecule has 4 aliphatic heterocycles. The molecule has 4 aromatic rings. The summed E-state index contributed by atoms with van der Waals surface area (Å²) < 4.78 is 69.3. The second-order valence-corrected chi connectivity index (χ2v) is 16.8. The highest BCUT2D eigenvalue weighted by atomic mass is 35.5.